The monoisotopic (exact) mass is 637 g/mol. The number of nitrogens with zero attached hydrogens (tertiary/aromatic N) is 6. The molecule has 1 saturated heterocycles. The molecule has 0 bridgehead atoms. The van der Waals surface area contributed by atoms with Crippen molar-refractivity contribution in [2.45, 2.75) is 57.5 Å². The summed E-state index contributed by atoms with van der Waals surface area (Å²) < 4.78 is 22.7. The molecule has 4 rings (SSSR count). The minimum Gasteiger partial charge on any atom is -0.593 e. The molecule has 2 aromatic heterocycles. The molecule has 44 heavy (non-hydrogen) atoms. The SMILES string of the molecule is CCCc1nc(C)c2c(=O)[nH]c(-c3cc([S+]([O-])N4CCC(C(O)C(CO[N+](=O)[O-])CO[N+](=O)[O-])CC4)ccc3OCC)nn12. The maximum atomic E-state index is 13.7. The van der Waals surface area contributed by atoms with Crippen LogP contribution in [0.1, 0.15) is 44.6 Å². The van der Waals surface area contributed by atoms with E-state index in [1.165, 1.54) is 0 Å². The Morgan fingerprint density at radius 2 is 1.82 bits per heavy atom. The van der Waals surface area contributed by atoms with Gasteiger partial charge in [-0.2, -0.15) is 0 Å². The van der Waals surface area contributed by atoms with Gasteiger partial charge in [-0.15, -0.1) is 29.6 Å². The number of aryl methyl sites for hydroxylation is 2. The second kappa shape index (κ2) is 14.7. The first-order valence-electron chi connectivity index (χ1n) is 14.2. The molecule has 1 aromatic carbocycles. The molecule has 0 aliphatic carbocycles. The van der Waals surface area contributed by atoms with Crippen molar-refractivity contribution in [2.24, 2.45) is 11.8 Å². The first-order chi connectivity index (χ1) is 21.0. The van der Waals surface area contributed by atoms with E-state index in [4.69, 9.17) is 4.74 Å². The van der Waals surface area contributed by atoms with E-state index in [0.29, 0.717) is 72.2 Å². The number of H-pyrrole nitrogens is 1. The molecule has 1 aliphatic heterocycles. The molecule has 0 amide bonds. The number of nitrogens with one attached hydrogen (secondary N) is 1. The lowest BCUT2D eigenvalue weighted by atomic mass is 9.85. The Labute approximate surface area is 254 Å². The van der Waals surface area contributed by atoms with Gasteiger partial charge in [-0.05, 0) is 51.2 Å². The lowest BCUT2D eigenvalue weighted by molar-refractivity contribution is -0.769. The number of aliphatic hydroxyl groups is 1. The number of piperidine rings is 1. The van der Waals surface area contributed by atoms with Gasteiger partial charge < -0.3 is 29.1 Å². The number of fused-ring (bicyclic) bond motifs is 1. The number of ether oxygens (including phenoxy) is 1. The second-order valence-electron chi connectivity index (χ2n) is 10.3. The largest absolute Gasteiger partial charge is 0.593 e. The Bertz CT molecular complexity index is 1510. The number of aromatic amines is 1. The van der Waals surface area contributed by atoms with Gasteiger partial charge in [0.1, 0.15) is 24.8 Å². The number of benzene rings is 1. The average molecular weight is 638 g/mol. The summed E-state index contributed by atoms with van der Waals surface area (Å²) in [6.07, 6.45) is 1.01. The van der Waals surface area contributed by atoms with Crippen LogP contribution in [0.2, 0.25) is 0 Å². The van der Waals surface area contributed by atoms with Crippen LogP contribution in [0.15, 0.2) is 27.9 Å². The van der Waals surface area contributed by atoms with Crippen LogP contribution in [0.5, 0.6) is 5.75 Å². The fourth-order valence-corrected chi connectivity index (χ4v) is 6.55. The number of imidazole rings is 1. The highest BCUT2D eigenvalue weighted by Gasteiger charge is 2.36. The van der Waals surface area contributed by atoms with E-state index < -0.39 is 46.8 Å². The van der Waals surface area contributed by atoms with Crippen LogP contribution in [0.25, 0.3) is 16.9 Å². The van der Waals surface area contributed by atoms with Crippen LogP contribution in [-0.4, -0.2) is 82.7 Å². The summed E-state index contributed by atoms with van der Waals surface area (Å²) in [6, 6.07) is 5.01. The summed E-state index contributed by atoms with van der Waals surface area (Å²) in [5.41, 5.74) is 1.03. The van der Waals surface area contributed by atoms with Gasteiger partial charge in [0.05, 0.1) is 35.3 Å². The molecule has 2 unspecified atom stereocenters. The number of hydrogen-bond acceptors (Lipinski definition) is 13. The minimum absolute atomic E-state index is 0.237. The van der Waals surface area contributed by atoms with Crippen molar-refractivity contribution in [2.75, 3.05) is 32.9 Å². The Balaban J connectivity index is 1.54. The van der Waals surface area contributed by atoms with Crippen molar-refractivity contribution >= 4 is 16.9 Å². The number of rotatable bonds is 15. The van der Waals surface area contributed by atoms with Crippen molar-refractivity contribution in [3.8, 4) is 17.1 Å². The van der Waals surface area contributed by atoms with Crippen LogP contribution in [0.4, 0.5) is 0 Å². The van der Waals surface area contributed by atoms with Gasteiger partial charge in [0, 0.05) is 31.5 Å². The molecule has 0 spiro atoms. The molecular formula is C26H35N7O10S. The van der Waals surface area contributed by atoms with E-state index in [1.54, 1.807) is 33.9 Å². The topological polar surface area (TPSA) is 224 Å². The smallest absolute Gasteiger partial charge is 0.294 e. The standard InChI is InChI=1S/C26H35N7O10S/c1-4-6-22-27-16(3)23-26(35)28-25(29-31(22)23)20-13-19(7-8-21(20)41-5-2)44(40)30-11-9-17(10-12-30)24(34)18(14-42-32(36)37)15-43-33(38)39/h7-8,13,17-18,24,34H,4-6,9-12,14-15H2,1-3H3,(H,28,29,35). The van der Waals surface area contributed by atoms with Gasteiger partial charge in [0.15, 0.2) is 16.2 Å². The van der Waals surface area contributed by atoms with Gasteiger partial charge in [0.25, 0.3) is 15.7 Å². The summed E-state index contributed by atoms with van der Waals surface area (Å²) in [6.45, 7) is 5.43. The number of hydrogen-bond donors (Lipinski definition) is 2. The molecule has 1 fully saturated rings. The maximum absolute atomic E-state index is 13.7. The van der Waals surface area contributed by atoms with E-state index in [0.717, 1.165) is 6.42 Å². The number of aliphatic hydroxyl groups excluding tert-OH is 1. The molecule has 240 valence electrons. The highest BCUT2D eigenvalue weighted by Crippen LogP contribution is 2.33. The molecule has 2 atom stereocenters. The minimum atomic E-state index is -1.63. The molecule has 1 aliphatic rings. The molecule has 0 saturated carbocycles. The summed E-state index contributed by atoms with van der Waals surface area (Å²) in [5.74, 6) is -0.0441. The van der Waals surface area contributed by atoms with Crippen molar-refractivity contribution in [1.29, 1.82) is 0 Å². The van der Waals surface area contributed by atoms with Crippen LogP contribution >= 0.6 is 0 Å². The highest BCUT2D eigenvalue weighted by atomic mass is 32.2. The third kappa shape index (κ3) is 7.55. The quantitative estimate of drug-likeness (QED) is 0.138. The summed E-state index contributed by atoms with van der Waals surface area (Å²) in [7, 11) is 0. The van der Waals surface area contributed by atoms with E-state index in [-0.39, 0.29) is 17.3 Å². The molecule has 3 aromatic rings. The third-order valence-corrected chi connectivity index (χ3v) is 8.90. The Morgan fingerprint density at radius 1 is 1.16 bits per heavy atom. The summed E-state index contributed by atoms with van der Waals surface area (Å²) >= 11 is -1.63. The maximum Gasteiger partial charge on any atom is 0.294 e. The lowest BCUT2D eigenvalue weighted by Gasteiger charge is -2.36. The Hall–Kier alpha value is -4.00. The van der Waals surface area contributed by atoms with Crippen molar-refractivity contribution < 1.29 is 34.2 Å². The molecule has 0 radical (unpaired) electrons. The fourth-order valence-electron chi connectivity index (χ4n) is 5.30. The zero-order valence-corrected chi connectivity index (χ0v) is 25.4. The van der Waals surface area contributed by atoms with E-state index in [1.807, 2.05) is 13.8 Å². The zero-order chi connectivity index (χ0) is 32.0. The Morgan fingerprint density at radius 3 is 2.41 bits per heavy atom. The van der Waals surface area contributed by atoms with E-state index in [2.05, 4.69) is 24.7 Å². The van der Waals surface area contributed by atoms with Gasteiger partial charge in [0.2, 0.25) is 0 Å². The van der Waals surface area contributed by atoms with Crippen LogP contribution in [0.3, 0.4) is 0 Å². The van der Waals surface area contributed by atoms with Crippen molar-refractivity contribution in [1.82, 2.24) is 23.9 Å². The molecular weight excluding hydrogens is 602 g/mol. The molecule has 3 heterocycles. The van der Waals surface area contributed by atoms with E-state index in [9.17, 15) is 34.7 Å². The van der Waals surface area contributed by atoms with Crippen LogP contribution in [-0.2, 0) is 27.5 Å². The van der Waals surface area contributed by atoms with Gasteiger partial charge in [-0.1, -0.05) is 6.92 Å². The first-order valence-corrected chi connectivity index (χ1v) is 15.3. The molecule has 17 nitrogen and oxygen atoms in total. The van der Waals surface area contributed by atoms with Crippen LogP contribution in [0, 0.1) is 39.0 Å². The van der Waals surface area contributed by atoms with Gasteiger partial charge in [-0.3, -0.25) is 4.79 Å². The Kier molecular flexibility index (Phi) is 11.0. The zero-order valence-electron chi connectivity index (χ0n) is 24.5. The summed E-state index contributed by atoms with van der Waals surface area (Å²) in [4.78, 5) is 50.8. The fraction of sp³-hybridized carbons (Fsp3) is 0.577. The van der Waals surface area contributed by atoms with Crippen molar-refractivity contribution in [3.05, 3.63) is 60.3 Å². The summed E-state index contributed by atoms with van der Waals surface area (Å²) in [5, 5.41) is 34.7. The van der Waals surface area contributed by atoms with E-state index >= 15 is 0 Å². The third-order valence-electron chi connectivity index (χ3n) is 7.41. The van der Waals surface area contributed by atoms with Crippen molar-refractivity contribution in [3.63, 3.8) is 0 Å². The molecule has 2 N–H and O–H groups in total. The average Bonchev–Trinajstić information content (AvgIpc) is 3.32. The van der Waals surface area contributed by atoms with Gasteiger partial charge >= 0.3 is 0 Å². The predicted molar refractivity (Wildman–Crippen MR) is 155 cm³/mol. The predicted octanol–water partition coefficient (Wildman–Crippen LogP) is 1.87. The lowest BCUT2D eigenvalue weighted by Crippen LogP contribution is -2.44. The highest BCUT2D eigenvalue weighted by molar-refractivity contribution is 7.89. The van der Waals surface area contributed by atoms with Gasteiger partial charge in [-0.25, -0.2) is 9.50 Å². The molecule has 18 heteroatoms. The normalized spacial score (nSPS) is 15.8. The van der Waals surface area contributed by atoms with Crippen LogP contribution < -0.4 is 10.3 Å². The second-order valence-corrected chi connectivity index (χ2v) is 11.8. The first kappa shape index (κ1) is 32.9. The number of aromatic nitrogens is 4.